The van der Waals surface area contributed by atoms with E-state index < -0.39 is 5.60 Å². The fourth-order valence-electron chi connectivity index (χ4n) is 1.31. The van der Waals surface area contributed by atoms with Crippen LogP contribution in [0.25, 0.3) is 0 Å². The van der Waals surface area contributed by atoms with Crippen LogP contribution in [0.15, 0.2) is 18.2 Å². The highest BCUT2D eigenvalue weighted by Gasteiger charge is 2.26. The molecule has 1 unspecified atom stereocenters. The number of methoxy groups -OCH3 is 1. The normalized spacial score (nSPS) is 13.5. The minimum absolute atomic E-state index is 0.253. The van der Waals surface area contributed by atoms with E-state index in [1.165, 1.54) is 12.1 Å². The van der Waals surface area contributed by atoms with Gasteiger partial charge in [-0.1, -0.05) is 0 Å². The molecule has 0 bridgehead atoms. The van der Waals surface area contributed by atoms with Crippen LogP contribution in [0.3, 0.4) is 0 Å². The molecule has 0 fully saturated rings. The molecule has 0 aliphatic heterocycles. The quantitative estimate of drug-likeness (QED) is 0.860. The maximum Gasteiger partial charge on any atom is 0.123 e. The molecule has 1 atom stereocenters. The molecular weight excluding hydrogens is 221 g/mol. The van der Waals surface area contributed by atoms with E-state index in [0.717, 1.165) is 5.56 Å². The Bertz CT molecular complexity index is 380. The summed E-state index contributed by atoms with van der Waals surface area (Å²) in [5, 5.41) is 0. The lowest BCUT2D eigenvalue weighted by Crippen LogP contribution is -2.48. The highest BCUT2D eigenvalue weighted by Crippen LogP contribution is 2.20. The third-order valence-corrected chi connectivity index (χ3v) is 2.97. The Morgan fingerprint density at radius 2 is 2.06 bits per heavy atom. The van der Waals surface area contributed by atoms with E-state index in [-0.39, 0.29) is 11.9 Å². The first-order valence-corrected chi connectivity index (χ1v) is 5.56. The molecule has 0 saturated heterocycles. The zero-order chi connectivity index (χ0) is 13.1. The average Bonchev–Trinajstić information content (AvgIpc) is 2.27. The molecule has 0 aliphatic carbocycles. The molecule has 0 spiro atoms. The third kappa shape index (κ3) is 3.68. The van der Waals surface area contributed by atoms with Crippen molar-refractivity contribution in [2.45, 2.75) is 32.4 Å². The van der Waals surface area contributed by atoms with E-state index in [1.807, 2.05) is 13.8 Å². The molecular formula is C13H20FNO2. The topological polar surface area (TPSA) is 44.5 Å². The highest BCUT2D eigenvalue weighted by molar-refractivity contribution is 5.32. The van der Waals surface area contributed by atoms with Crippen LogP contribution in [0.5, 0.6) is 5.75 Å². The van der Waals surface area contributed by atoms with Crippen molar-refractivity contribution < 1.29 is 13.9 Å². The number of hydrogen-bond acceptors (Lipinski definition) is 3. The van der Waals surface area contributed by atoms with E-state index in [9.17, 15) is 4.39 Å². The van der Waals surface area contributed by atoms with Gasteiger partial charge < -0.3 is 15.2 Å². The Morgan fingerprint density at radius 3 is 2.59 bits per heavy atom. The van der Waals surface area contributed by atoms with Gasteiger partial charge in [0, 0.05) is 7.11 Å². The van der Waals surface area contributed by atoms with Gasteiger partial charge in [0.1, 0.15) is 18.2 Å². The fourth-order valence-corrected chi connectivity index (χ4v) is 1.31. The zero-order valence-electron chi connectivity index (χ0n) is 10.8. The minimum Gasteiger partial charge on any atom is -0.492 e. The highest BCUT2D eigenvalue weighted by atomic mass is 19.1. The number of benzene rings is 1. The lowest BCUT2D eigenvalue weighted by atomic mass is 10.0. The lowest BCUT2D eigenvalue weighted by molar-refractivity contribution is -0.0110. The minimum atomic E-state index is -0.450. The second-order valence-corrected chi connectivity index (χ2v) is 4.63. The fraction of sp³-hybridized carbons (Fsp3) is 0.538. The molecule has 17 heavy (non-hydrogen) atoms. The molecule has 96 valence electrons. The Morgan fingerprint density at radius 1 is 1.41 bits per heavy atom. The summed E-state index contributed by atoms with van der Waals surface area (Å²) >= 11 is 0. The molecule has 1 aromatic rings. The molecule has 0 radical (unpaired) electrons. The van der Waals surface area contributed by atoms with Gasteiger partial charge in [0.15, 0.2) is 0 Å². The van der Waals surface area contributed by atoms with E-state index in [2.05, 4.69) is 0 Å². The lowest BCUT2D eigenvalue weighted by Gasteiger charge is -2.30. The molecule has 1 aromatic carbocycles. The summed E-state index contributed by atoms with van der Waals surface area (Å²) in [5.41, 5.74) is 6.27. The van der Waals surface area contributed by atoms with Gasteiger partial charge in [0.2, 0.25) is 0 Å². The summed E-state index contributed by atoms with van der Waals surface area (Å²) in [6.07, 6.45) is 0. The summed E-state index contributed by atoms with van der Waals surface area (Å²) in [4.78, 5) is 0. The largest absolute Gasteiger partial charge is 0.492 e. The van der Waals surface area contributed by atoms with Crippen LogP contribution < -0.4 is 10.5 Å². The molecule has 0 aliphatic rings. The molecule has 3 nitrogen and oxygen atoms in total. The van der Waals surface area contributed by atoms with Gasteiger partial charge in [-0.25, -0.2) is 4.39 Å². The van der Waals surface area contributed by atoms with Crippen LogP contribution in [0.2, 0.25) is 0 Å². The standard InChI is InChI=1S/C13H20FNO2/c1-9-7-10(14)5-6-11(9)17-8-12(15)13(2,3)16-4/h5-7,12H,8,15H2,1-4H3. The van der Waals surface area contributed by atoms with Crippen LogP contribution in [-0.2, 0) is 4.74 Å². The van der Waals surface area contributed by atoms with Crippen LogP contribution in [-0.4, -0.2) is 25.4 Å². The van der Waals surface area contributed by atoms with Gasteiger partial charge in [-0.2, -0.15) is 0 Å². The predicted octanol–water partition coefficient (Wildman–Crippen LogP) is 2.27. The van der Waals surface area contributed by atoms with Gasteiger partial charge in [-0.15, -0.1) is 0 Å². The third-order valence-electron chi connectivity index (χ3n) is 2.97. The number of ether oxygens (including phenoxy) is 2. The number of hydrogen-bond donors (Lipinski definition) is 1. The van der Waals surface area contributed by atoms with Crippen LogP contribution in [0, 0.1) is 12.7 Å². The molecule has 4 heteroatoms. The smallest absolute Gasteiger partial charge is 0.123 e. The van der Waals surface area contributed by atoms with Gasteiger partial charge in [0.05, 0.1) is 11.6 Å². The van der Waals surface area contributed by atoms with E-state index in [4.69, 9.17) is 15.2 Å². The number of aryl methyl sites for hydroxylation is 1. The van der Waals surface area contributed by atoms with Crippen LogP contribution >= 0.6 is 0 Å². The molecule has 1 rings (SSSR count). The monoisotopic (exact) mass is 241 g/mol. The maximum atomic E-state index is 12.9. The second kappa shape index (κ2) is 5.47. The van der Waals surface area contributed by atoms with Crippen molar-refractivity contribution in [1.29, 1.82) is 0 Å². The van der Waals surface area contributed by atoms with Crippen molar-refractivity contribution in [1.82, 2.24) is 0 Å². The molecule has 0 aromatic heterocycles. The predicted molar refractivity (Wildman–Crippen MR) is 65.7 cm³/mol. The Kier molecular flexibility index (Phi) is 4.48. The number of halogens is 1. The Labute approximate surface area is 102 Å². The molecule has 0 saturated carbocycles. The second-order valence-electron chi connectivity index (χ2n) is 4.63. The first kappa shape index (κ1) is 13.9. The summed E-state index contributed by atoms with van der Waals surface area (Å²) < 4.78 is 23.7. The first-order chi connectivity index (χ1) is 7.86. The van der Waals surface area contributed by atoms with Gasteiger partial charge in [-0.3, -0.25) is 0 Å². The van der Waals surface area contributed by atoms with E-state index in [0.29, 0.717) is 12.4 Å². The van der Waals surface area contributed by atoms with Gasteiger partial charge >= 0.3 is 0 Å². The Balaban J connectivity index is 2.62. The van der Waals surface area contributed by atoms with Crippen molar-refractivity contribution >= 4 is 0 Å². The number of rotatable bonds is 5. The van der Waals surface area contributed by atoms with Crippen molar-refractivity contribution in [2.75, 3.05) is 13.7 Å². The van der Waals surface area contributed by atoms with Crippen molar-refractivity contribution in [2.24, 2.45) is 5.73 Å². The van der Waals surface area contributed by atoms with Crippen LogP contribution in [0.4, 0.5) is 4.39 Å². The zero-order valence-corrected chi connectivity index (χ0v) is 10.8. The molecule has 0 heterocycles. The molecule has 2 N–H and O–H groups in total. The average molecular weight is 241 g/mol. The SMILES string of the molecule is COC(C)(C)C(N)COc1ccc(F)cc1C. The van der Waals surface area contributed by atoms with Crippen molar-refractivity contribution in [3.63, 3.8) is 0 Å². The van der Waals surface area contributed by atoms with E-state index in [1.54, 1.807) is 20.1 Å². The summed E-state index contributed by atoms with van der Waals surface area (Å²) in [7, 11) is 1.61. The summed E-state index contributed by atoms with van der Waals surface area (Å²) in [5.74, 6) is 0.380. The van der Waals surface area contributed by atoms with Crippen LogP contribution in [0.1, 0.15) is 19.4 Å². The maximum absolute atomic E-state index is 12.9. The van der Waals surface area contributed by atoms with Crippen molar-refractivity contribution in [3.8, 4) is 5.75 Å². The van der Waals surface area contributed by atoms with Crippen molar-refractivity contribution in [3.05, 3.63) is 29.6 Å². The number of nitrogens with two attached hydrogens (primary N) is 1. The van der Waals surface area contributed by atoms with E-state index >= 15 is 0 Å². The Hall–Kier alpha value is -1.13. The van der Waals surface area contributed by atoms with Gasteiger partial charge in [0.25, 0.3) is 0 Å². The molecule has 0 amide bonds. The van der Waals surface area contributed by atoms with Gasteiger partial charge in [-0.05, 0) is 44.5 Å². The summed E-state index contributed by atoms with van der Waals surface area (Å²) in [6.45, 7) is 5.93. The summed E-state index contributed by atoms with van der Waals surface area (Å²) in [6, 6.07) is 4.16. The first-order valence-electron chi connectivity index (χ1n) is 5.56.